The van der Waals surface area contributed by atoms with Crippen LogP contribution in [0, 0.1) is 6.92 Å². The van der Waals surface area contributed by atoms with Gasteiger partial charge in [0, 0.05) is 44.3 Å². The first kappa shape index (κ1) is 16.6. The van der Waals surface area contributed by atoms with E-state index in [4.69, 9.17) is 0 Å². The van der Waals surface area contributed by atoms with Gasteiger partial charge in [-0.2, -0.15) is 5.10 Å². The van der Waals surface area contributed by atoms with E-state index >= 15 is 0 Å². The second-order valence-corrected chi connectivity index (χ2v) is 6.40. The van der Waals surface area contributed by atoms with Crippen molar-refractivity contribution in [2.75, 3.05) is 25.0 Å². The molecule has 2 N–H and O–H groups in total. The molecule has 1 amide bonds. The van der Waals surface area contributed by atoms with Gasteiger partial charge in [-0.25, -0.2) is 0 Å². The fourth-order valence-electron chi connectivity index (χ4n) is 3.12. The molecule has 3 heterocycles. The zero-order chi connectivity index (χ0) is 17.2. The maximum atomic E-state index is 12.2. The molecule has 7 heteroatoms. The summed E-state index contributed by atoms with van der Waals surface area (Å²) in [5.41, 5.74) is 1.54. The molecule has 0 aliphatic carbocycles. The second kappa shape index (κ2) is 6.70. The van der Waals surface area contributed by atoms with E-state index in [1.807, 2.05) is 26.1 Å². The van der Waals surface area contributed by atoms with Crippen molar-refractivity contribution in [1.82, 2.24) is 19.7 Å². The number of amides is 1. The first-order valence-corrected chi connectivity index (χ1v) is 8.12. The highest BCUT2D eigenvalue weighted by molar-refractivity contribution is 5.92. The Kier molecular flexibility index (Phi) is 4.64. The van der Waals surface area contributed by atoms with Crippen molar-refractivity contribution >= 4 is 11.6 Å². The van der Waals surface area contributed by atoms with E-state index in [2.05, 4.69) is 20.3 Å². The molecular weight excluding hydrogens is 306 g/mol. The number of aliphatic hydroxyl groups is 1. The molecule has 7 nitrogen and oxygen atoms in total. The van der Waals surface area contributed by atoms with Crippen molar-refractivity contribution in [2.24, 2.45) is 7.05 Å². The quantitative estimate of drug-likeness (QED) is 0.876. The number of pyridine rings is 1. The molecule has 1 aliphatic rings. The summed E-state index contributed by atoms with van der Waals surface area (Å²) in [7, 11) is 1.83. The van der Waals surface area contributed by atoms with Crippen LogP contribution in [0.4, 0.5) is 5.69 Å². The van der Waals surface area contributed by atoms with Crippen LogP contribution in [0.2, 0.25) is 0 Å². The summed E-state index contributed by atoms with van der Waals surface area (Å²) in [5.74, 6) is -0.0575. The molecule has 3 rings (SSSR count). The van der Waals surface area contributed by atoms with E-state index in [1.54, 1.807) is 23.3 Å². The molecular formula is C17H23N5O2. The smallest absolute Gasteiger partial charge is 0.238 e. The molecule has 0 aromatic carbocycles. The van der Waals surface area contributed by atoms with Crippen LogP contribution in [0.5, 0.6) is 0 Å². The van der Waals surface area contributed by atoms with Crippen LogP contribution in [-0.4, -0.2) is 50.3 Å². The summed E-state index contributed by atoms with van der Waals surface area (Å²) in [4.78, 5) is 18.4. The summed E-state index contributed by atoms with van der Waals surface area (Å²) in [6.07, 6.45) is 6.40. The number of carbonyl (C=O) groups is 1. The standard InChI is InChI=1S/C17H23N5O2/c1-13-15(11-21(2)20-13)19-16(23)12-22-8-5-17(24,6-9-22)14-4-3-7-18-10-14/h3-4,7,10-11,24H,5-6,8-9,12H2,1-2H3,(H,19,23). The normalized spacial score (nSPS) is 17.6. The van der Waals surface area contributed by atoms with Gasteiger partial charge in [-0.15, -0.1) is 0 Å². The lowest BCUT2D eigenvalue weighted by Crippen LogP contribution is -2.45. The topological polar surface area (TPSA) is 83.3 Å². The average molecular weight is 329 g/mol. The second-order valence-electron chi connectivity index (χ2n) is 6.40. The molecule has 0 spiro atoms. The minimum Gasteiger partial charge on any atom is -0.385 e. The lowest BCUT2D eigenvalue weighted by Gasteiger charge is -2.38. The lowest BCUT2D eigenvalue weighted by molar-refractivity contribution is -0.118. The van der Waals surface area contributed by atoms with E-state index in [9.17, 15) is 9.90 Å². The number of hydrogen-bond acceptors (Lipinski definition) is 5. The van der Waals surface area contributed by atoms with Gasteiger partial charge in [0.2, 0.25) is 5.91 Å². The van der Waals surface area contributed by atoms with Crippen LogP contribution in [-0.2, 0) is 17.4 Å². The third-order valence-electron chi connectivity index (χ3n) is 4.54. The zero-order valence-electron chi connectivity index (χ0n) is 14.1. The Bertz CT molecular complexity index is 705. The Morgan fingerprint density at radius 2 is 2.17 bits per heavy atom. The number of rotatable bonds is 4. The number of hydrogen-bond donors (Lipinski definition) is 2. The number of nitrogens with one attached hydrogen (secondary N) is 1. The molecule has 2 aromatic heterocycles. The maximum absolute atomic E-state index is 12.2. The van der Waals surface area contributed by atoms with Crippen molar-refractivity contribution in [2.45, 2.75) is 25.4 Å². The van der Waals surface area contributed by atoms with Gasteiger partial charge in [-0.05, 0) is 25.8 Å². The van der Waals surface area contributed by atoms with Gasteiger partial charge in [0.05, 0.1) is 23.5 Å². The molecule has 0 saturated carbocycles. The van der Waals surface area contributed by atoms with Crippen molar-refractivity contribution in [1.29, 1.82) is 0 Å². The molecule has 0 bridgehead atoms. The van der Waals surface area contributed by atoms with Gasteiger partial charge in [0.1, 0.15) is 0 Å². The van der Waals surface area contributed by atoms with Crippen LogP contribution in [0.25, 0.3) is 0 Å². The largest absolute Gasteiger partial charge is 0.385 e. The van der Waals surface area contributed by atoms with Gasteiger partial charge in [-0.1, -0.05) is 6.07 Å². The predicted molar refractivity (Wildman–Crippen MR) is 90.4 cm³/mol. The minimum absolute atomic E-state index is 0.0575. The van der Waals surface area contributed by atoms with E-state index in [-0.39, 0.29) is 5.91 Å². The van der Waals surface area contributed by atoms with Crippen LogP contribution in [0.1, 0.15) is 24.1 Å². The molecule has 2 aromatic rings. The fraction of sp³-hybridized carbons (Fsp3) is 0.471. The summed E-state index contributed by atoms with van der Waals surface area (Å²) in [6, 6.07) is 3.74. The molecule has 24 heavy (non-hydrogen) atoms. The number of nitrogens with zero attached hydrogens (tertiary/aromatic N) is 4. The third-order valence-corrected chi connectivity index (χ3v) is 4.54. The molecule has 1 aliphatic heterocycles. The number of piperidine rings is 1. The highest BCUT2D eigenvalue weighted by atomic mass is 16.3. The van der Waals surface area contributed by atoms with E-state index in [1.165, 1.54) is 0 Å². The van der Waals surface area contributed by atoms with Gasteiger partial charge < -0.3 is 10.4 Å². The Morgan fingerprint density at radius 1 is 1.42 bits per heavy atom. The van der Waals surface area contributed by atoms with E-state index in [0.29, 0.717) is 32.5 Å². The SMILES string of the molecule is Cc1nn(C)cc1NC(=O)CN1CCC(O)(c2cccnc2)CC1. The summed E-state index contributed by atoms with van der Waals surface area (Å²) in [5, 5.41) is 17.9. The third kappa shape index (κ3) is 3.63. The summed E-state index contributed by atoms with van der Waals surface area (Å²) < 4.78 is 1.68. The number of aromatic nitrogens is 3. The van der Waals surface area contributed by atoms with Crippen molar-refractivity contribution < 1.29 is 9.90 Å². The lowest BCUT2D eigenvalue weighted by atomic mass is 9.85. The number of likely N-dealkylation sites (tertiary alicyclic amines) is 1. The monoisotopic (exact) mass is 329 g/mol. The van der Waals surface area contributed by atoms with Crippen molar-refractivity contribution in [3.8, 4) is 0 Å². The number of aryl methyl sites for hydroxylation is 2. The highest BCUT2D eigenvalue weighted by Gasteiger charge is 2.34. The fourth-order valence-corrected chi connectivity index (χ4v) is 3.12. The average Bonchev–Trinajstić information content (AvgIpc) is 2.88. The van der Waals surface area contributed by atoms with E-state index in [0.717, 1.165) is 16.9 Å². The molecule has 0 radical (unpaired) electrons. The zero-order valence-corrected chi connectivity index (χ0v) is 14.1. The number of anilines is 1. The van der Waals surface area contributed by atoms with Crippen LogP contribution < -0.4 is 5.32 Å². The molecule has 1 saturated heterocycles. The Morgan fingerprint density at radius 3 is 2.75 bits per heavy atom. The maximum Gasteiger partial charge on any atom is 0.238 e. The van der Waals surface area contributed by atoms with Crippen LogP contribution in [0.3, 0.4) is 0 Å². The molecule has 0 unspecified atom stereocenters. The Labute approximate surface area is 141 Å². The van der Waals surface area contributed by atoms with Gasteiger partial charge in [-0.3, -0.25) is 19.4 Å². The Balaban J connectivity index is 1.54. The first-order valence-electron chi connectivity index (χ1n) is 8.12. The minimum atomic E-state index is -0.846. The van der Waals surface area contributed by atoms with Gasteiger partial charge in [0.15, 0.2) is 0 Å². The first-order chi connectivity index (χ1) is 11.5. The molecule has 0 atom stereocenters. The predicted octanol–water partition coefficient (Wildman–Crippen LogP) is 1.05. The van der Waals surface area contributed by atoms with Gasteiger partial charge in [0.25, 0.3) is 0 Å². The van der Waals surface area contributed by atoms with Crippen LogP contribution in [0.15, 0.2) is 30.7 Å². The summed E-state index contributed by atoms with van der Waals surface area (Å²) >= 11 is 0. The van der Waals surface area contributed by atoms with Gasteiger partial charge >= 0.3 is 0 Å². The molecule has 1 fully saturated rings. The number of carbonyl (C=O) groups excluding carboxylic acids is 1. The Hall–Kier alpha value is -2.25. The van der Waals surface area contributed by atoms with Crippen LogP contribution >= 0.6 is 0 Å². The van der Waals surface area contributed by atoms with Crippen molar-refractivity contribution in [3.63, 3.8) is 0 Å². The van der Waals surface area contributed by atoms with E-state index < -0.39 is 5.60 Å². The molecule has 128 valence electrons. The summed E-state index contributed by atoms with van der Waals surface area (Å²) in [6.45, 7) is 3.53. The van der Waals surface area contributed by atoms with Crippen molar-refractivity contribution in [3.05, 3.63) is 42.0 Å². The highest BCUT2D eigenvalue weighted by Crippen LogP contribution is 2.32.